The molecule has 0 amide bonds. The molecule has 0 spiro atoms. The van der Waals surface area contributed by atoms with Crippen molar-refractivity contribution in [1.29, 1.82) is 0 Å². The van der Waals surface area contributed by atoms with Crippen LogP contribution < -0.4 is 4.74 Å². The molecule has 0 aliphatic rings. The third-order valence-corrected chi connectivity index (χ3v) is 2.13. The second-order valence-electron chi connectivity index (χ2n) is 3.48. The summed E-state index contributed by atoms with van der Waals surface area (Å²) in [6, 6.07) is 3.30. The molecule has 3 nitrogen and oxygen atoms in total. The fraction of sp³-hybridized carbons (Fsp3) is 0.400. The Hall–Kier alpha value is -1.09. The Morgan fingerprint density at radius 1 is 1.50 bits per heavy atom. The van der Waals surface area contributed by atoms with Crippen LogP contribution in [0.2, 0.25) is 5.02 Å². The molecule has 14 heavy (non-hydrogen) atoms. The number of Topliss-reactive ketones (excluding diaryl/α,β-unsaturated/α-hetero) is 1. The Balaban J connectivity index is 2.79. The average Bonchev–Trinajstić information content (AvgIpc) is 2.08. The first-order valence-corrected chi connectivity index (χ1v) is 4.61. The van der Waals surface area contributed by atoms with E-state index in [1.807, 2.05) is 0 Å². The minimum Gasteiger partial charge on any atom is -0.464 e. The first-order valence-electron chi connectivity index (χ1n) is 4.23. The molecule has 76 valence electrons. The maximum atomic E-state index is 11.2. The van der Waals surface area contributed by atoms with Crippen LogP contribution in [0.5, 0.6) is 5.88 Å². The van der Waals surface area contributed by atoms with Crippen LogP contribution in [-0.2, 0) is 4.79 Å². The van der Waals surface area contributed by atoms with Gasteiger partial charge in [-0.1, -0.05) is 11.6 Å². The van der Waals surface area contributed by atoms with Crippen molar-refractivity contribution >= 4 is 17.4 Å². The number of ketones is 1. The van der Waals surface area contributed by atoms with Crippen molar-refractivity contribution in [1.82, 2.24) is 4.98 Å². The highest BCUT2D eigenvalue weighted by molar-refractivity contribution is 6.30. The van der Waals surface area contributed by atoms with Gasteiger partial charge in [0.2, 0.25) is 5.88 Å². The van der Waals surface area contributed by atoms with E-state index in [0.717, 1.165) is 0 Å². The monoisotopic (exact) mass is 213 g/mol. The van der Waals surface area contributed by atoms with Crippen molar-refractivity contribution in [3.63, 3.8) is 0 Å². The standard InChI is InChI=1S/C10H12ClNO2/c1-7(13)10(2,3)14-9-5-4-8(11)6-12-9/h4-6H,1-3H3. The maximum absolute atomic E-state index is 11.2. The van der Waals surface area contributed by atoms with Gasteiger partial charge in [-0.15, -0.1) is 0 Å². The summed E-state index contributed by atoms with van der Waals surface area (Å²) in [4.78, 5) is 15.1. The van der Waals surface area contributed by atoms with Gasteiger partial charge < -0.3 is 4.74 Å². The topological polar surface area (TPSA) is 39.2 Å². The van der Waals surface area contributed by atoms with Crippen LogP contribution in [0.25, 0.3) is 0 Å². The molecule has 1 rings (SSSR count). The van der Waals surface area contributed by atoms with Gasteiger partial charge in [0.25, 0.3) is 0 Å². The van der Waals surface area contributed by atoms with E-state index >= 15 is 0 Å². The molecule has 0 aliphatic carbocycles. The smallest absolute Gasteiger partial charge is 0.214 e. The summed E-state index contributed by atoms with van der Waals surface area (Å²) in [7, 11) is 0. The SMILES string of the molecule is CC(=O)C(C)(C)Oc1ccc(Cl)cn1. The van der Waals surface area contributed by atoms with E-state index in [4.69, 9.17) is 16.3 Å². The van der Waals surface area contributed by atoms with Crippen LogP contribution in [0, 0.1) is 0 Å². The summed E-state index contributed by atoms with van der Waals surface area (Å²) in [5.74, 6) is 0.351. The lowest BCUT2D eigenvalue weighted by molar-refractivity contribution is -0.129. The number of pyridine rings is 1. The Kier molecular flexibility index (Phi) is 3.11. The molecule has 0 saturated carbocycles. The number of hydrogen-bond donors (Lipinski definition) is 0. The largest absolute Gasteiger partial charge is 0.464 e. The number of hydrogen-bond acceptors (Lipinski definition) is 3. The van der Waals surface area contributed by atoms with E-state index in [9.17, 15) is 4.79 Å². The molecule has 0 N–H and O–H groups in total. The summed E-state index contributed by atoms with van der Waals surface area (Å²) in [6.45, 7) is 4.88. The van der Waals surface area contributed by atoms with Gasteiger partial charge in [0.1, 0.15) is 0 Å². The van der Waals surface area contributed by atoms with E-state index in [-0.39, 0.29) is 5.78 Å². The summed E-state index contributed by atoms with van der Waals surface area (Å²) < 4.78 is 5.40. The third-order valence-electron chi connectivity index (χ3n) is 1.91. The van der Waals surface area contributed by atoms with Gasteiger partial charge >= 0.3 is 0 Å². The molecule has 0 atom stereocenters. The van der Waals surface area contributed by atoms with Crippen molar-refractivity contribution in [3.8, 4) is 5.88 Å². The zero-order valence-corrected chi connectivity index (χ0v) is 9.13. The van der Waals surface area contributed by atoms with E-state index in [2.05, 4.69) is 4.98 Å². The van der Waals surface area contributed by atoms with Gasteiger partial charge in [0.05, 0.1) is 5.02 Å². The second kappa shape index (κ2) is 3.96. The Bertz CT molecular complexity index is 332. The highest BCUT2D eigenvalue weighted by atomic mass is 35.5. The van der Waals surface area contributed by atoms with E-state index in [0.29, 0.717) is 10.9 Å². The molecule has 1 heterocycles. The van der Waals surface area contributed by atoms with Crippen LogP contribution >= 0.6 is 11.6 Å². The molecular formula is C10H12ClNO2. The predicted octanol–water partition coefficient (Wildman–Crippen LogP) is 2.48. The van der Waals surface area contributed by atoms with E-state index < -0.39 is 5.60 Å². The predicted molar refractivity (Wildman–Crippen MR) is 54.6 cm³/mol. The second-order valence-corrected chi connectivity index (χ2v) is 3.92. The first-order chi connectivity index (χ1) is 6.42. The number of nitrogens with zero attached hydrogens (tertiary/aromatic N) is 1. The first kappa shape index (κ1) is 11.0. The summed E-state index contributed by atoms with van der Waals surface area (Å²) in [5, 5.41) is 0.540. The molecule has 0 radical (unpaired) electrons. The molecular weight excluding hydrogens is 202 g/mol. The minimum atomic E-state index is -0.846. The lowest BCUT2D eigenvalue weighted by Crippen LogP contribution is -2.36. The van der Waals surface area contributed by atoms with Crippen molar-refractivity contribution in [2.45, 2.75) is 26.4 Å². The Morgan fingerprint density at radius 3 is 2.57 bits per heavy atom. The lowest BCUT2D eigenvalue weighted by atomic mass is 10.1. The highest BCUT2D eigenvalue weighted by Gasteiger charge is 2.25. The van der Waals surface area contributed by atoms with Crippen LogP contribution in [0.3, 0.4) is 0 Å². The summed E-state index contributed by atoms with van der Waals surface area (Å²) >= 11 is 5.66. The fourth-order valence-corrected chi connectivity index (χ4v) is 0.868. The van der Waals surface area contributed by atoms with E-state index in [1.165, 1.54) is 13.1 Å². The van der Waals surface area contributed by atoms with Gasteiger partial charge in [-0.2, -0.15) is 0 Å². The average molecular weight is 214 g/mol. The maximum Gasteiger partial charge on any atom is 0.214 e. The molecule has 0 saturated heterocycles. The molecule has 1 aromatic heterocycles. The number of halogens is 1. The van der Waals surface area contributed by atoms with Crippen LogP contribution in [0.4, 0.5) is 0 Å². The van der Waals surface area contributed by atoms with E-state index in [1.54, 1.807) is 26.0 Å². The normalized spacial score (nSPS) is 11.1. The van der Waals surface area contributed by atoms with Gasteiger partial charge in [0.15, 0.2) is 11.4 Å². The van der Waals surface area contributed by atoms with Gasteiger partial charge in [-0.3, -0.25) is 4.79 Å². The molecule has 0 unspecified atom stereocenters. The number of rotatable bonds is 3. The summed E-state index contributed by atoms with van der Waals surface area (Å²) in [6.07, 6.45) is 1.48. The molecule has 0 bridgehead atoms. The molecule has 1 aromatic rings. The molecule has 0 fully saturated rings. The van der Waals surface area contributed by atoms with Gasteiger partial charge in [0, 0.05) is 12.3 Å². The number of aromatic nitrogens is 1. The Morgan fingerprint density at radius 2 is 2.14 bits per heavy atom. The fourth-order valence-electron chi connectivity index (χ4n) is 0.756. The third kappa shape index (κ3) is 2.70. The van der Waals surface area contributed by atoms with Crippen molar-refractivity contribution < 1.29 is 9.53 Å². The number of ether oxygens (including phenoxy) is 1. The Labute approximate surface area is 88.1 Å². The van der Waals surface area contributed by atoms with Crippen LogP contribution in [0.15, 0.2) is 18.3 Å². The number of carbonyl (C=O) groups excluding carboxylic acids is 1. The minimum absolute atomic E-state index is 0.0470. The van der Waals surface area contributed by atoms with Crippen LogP contribution in [-0.4, -0.2) is 16.4 Å². The quantitative estimate of drug-likeness (QED) is 0.775. The van der Waals surface area contributed by atoms with Crippen molar-refractivity contribution in [3.05, 3.63) is 23.4 Å². The van der Waals surface area contributed by atoms with Gasteiger partial charge in [-0.25, -0.2) is 4.98 Å². The lowest BCUT2D eigenvalue weighted by Gasteiger charge is -2.22. The molecule has 0 aliphatic heterocycles. The summed E-state index contributed by atoms with van der Waals surface area (Å²) in [5.41, 5.74) is -0.846. The highest BCUT2D eigenvalue weighted by Crippen LogP contribution is 2.18. The zero-order valence-electron chi connectivity index (χ0n) is 8.37. The van der Waals surface area contributed by atoms with Crippen molar-refractivity contribution in [2.24, 2.45) is 0 Å². The molecule has 4 heteroatoms. The number of carbonyl (C=O) groups is 1. The van der Waals surface area contributed by atoms with Gasteiger partial charge in [-0.05, 0) is 26.8 Å². The van der Waals surface area contributed by atoms with Crippen LogP contribution in [0.1, 0.15) is 20.8 Å². The molecule has 0 aromatic carbocycles. The van der Waals surface area contributed by atoms with Crippen molar-refractivity contribution in [2.75, 3.05) is 0 Å². The zero-order chi connectivity index (χ0) is 10.8.